The van der Waals surface area contributed by atoms with Crippen molar-refractivity contribution in [2.75, 3.05) is 0 Å². The fourth-order valence-electron chi connectivity index (χ4n) is 2.49. The average molecular weight is 266 g/mol. The van der Waals surface area contributed by atoms with Crippen molar-refractivity contribution in [1.82, 2.24) is 0 Å². The maximum atomic E-state index is 9.33. The third-order valence-electron chi connectivity index (χ3n) is 3.59. The zero-order valence-electron chi connectivity index (χ0n) is 10.0. The summed E-state index contributed by atoms with van der Waals surface area (Å²) in [6.45, 7) is 2.19. The van der Waals surface area contributed by atoms with E-state index in [1.165, 1.54) is 19.3 Å². The molecule has 90 valence electrons. The molecule has 0 atom stereocenters. The minimum atomic E-state index is 0.00879. The van der Waals surface area contributed by atoms with Gasteiger partial charge in [0.1, 0.15) is 6.07 Å². The van der Waals surface area contributed by atoms with Crippen molar-refractivity contribution < 1.29 is 0 Å². The standard InChI is InChI=1S/C14H16ClNS/c1-14(7-3-2-4-8-14)13(15)11(10-16)12-6-5-9-17-12/h5-6,9H,2-4,7-8H2,1H3/b13-11+. The summed E-state index contributed by atoms with van der Waals surface area (Å²) in [5, 5.41) is 12.1. The summed E-state index contributed by atoms with van der Waals surface area (Å²) < 4.78 is 0. The van der Waals surface area contributed by atoms with E-state index >= 15 is 0 Å². The summed E-state index contributed by atoms with van der Waals surface area (Å²) in [5.41, 5.74) is 0.681. The fraction of sp³-hybridized carbons (Fsp3) is 0.500. The molecular formula is C14H16ClNS. The molecular weight excluding hydrogens is 250 g/mol. The normalized spacial score (nSPS) is 20.5. The van der Waals surface area contributed by atoms with Gasteiger partial charge in [-0.3, -0.25) is 0 Å². The zero-order chi connectivity index (χ0) is 12.3. The molecule has 2 rings (SSSR count). The molecule has 0 radical (unpaired) electrons. The number of hydrogen-bond donors (Lipinski definition) is 0. The number of nitrogens with zero attached hydrogens (tertiary/aromatic N) is 1. The molecule has 1 aliphatic rings. The van der Waals surface area contributed by atoms with Crippen LogP contribution in [0.1, 0.15) is 43.9 Å². The van der Waals surface area contributed by atoms with Gasteiger partial charge in [0.2, 0.25) is 0 Å². The molecule has 1 heterocycles. The Morgan fingerprint density at radius 2 is 2.12 bits per heavy atom. The van der Waals surface area contributed by atoms with E-state index < -0.39 is 0 Å². The lowest BCUT2D eigenvalue weighted by Gasteiger charge is -2.33. The van der Waals surface area contributed by atoms with E-state index in [2.05, 4.69) is 13.0 Å². The molecule has 1 aromatic rings. The molecule has 1 saturated carbocycles. The Balaban J connectivity index is 2.38. The van der Waals surface area contributed by atoms with Crippen LogP contribution in [0.15, 0.2) is 22.5 Å². The smallest absolute Gasteiger partial charge is 0.102 e. The molecule has 17 heavy (non-hydrogen) atoms. The highest BCUT2D eigenvalue weighted by atomic mass is 35.5. The Morgan fingerprint density at radius 1 is 1.41 bits per heavy atom. The van der Waals surface area contributed by atoms with Crippen LogP contribution in [-0.2, 0) is 0 Å². The number of rotatable bonds is 2. The summed E-state index contributed by atoms with van der Waals surface area (Å²) in [6.07, 6.45) is 5.93. The molecule has 0 bridgehead atoms. The topological polar surface area (TPSA) is 23.8 Å². The highest BCUT2D eigenvalue weighted by Gasteiger charge is 2.32. The highest BCUT2D eigenvalue weighted by molar-refractivity contribution is 7.11. The van der Waals surface area contributed by atoms with Crippen molar-refractivity contribution in [1.29, 1.82) is 5.26 Å². The average Bonchev–Trinajstić information content (AvgIpc) is 2.84. The van der Waals surface area contributed by atoms with Gasteiger partial charge >= 0.3 is 0 Å². The fourth-order valence-corrected chi connectivity index (χ4v) is 3.60. The second-order valence-corrected chi connectivity index (χ2v) is 6.23. The largest absolute Gasteiger partial charge is 0.192 e. The molecule has 1 aliphatic carbocycles. The number of hydrogen-bond acceptors (Lipinski definition) is 2. The van der Waals surface area contributed by atoms with Crippen LogP contribution in [0.4, 0.5) is 0 Å². The second kappa shape index (κ2) is 5.25. The summed E-state index contributed by atoms with van der Waals surface area (Å²) in [4.78, 5) is 0.990. The number of allylic oxidation sites excluding steroid dienone is 2. The van der Waals surface area contributed by atoms with E-state index in [-0.39, 0.29) is 5.41 Å². The van der Waals surface area contributed by atoms with Crippen molar-refractivity contribution in [3.05, 3.63) is 27.4 Å². The molecule has 0 aromatic carbocycles. The Morgan fingerprint density at radius 3 is 2.65 bits per heavy atom. The first kappa shape index (κ1) is 12.7. The first-order chi connectivity index (χ1) is 8.17. The van der Waals surface area contributed by atoms with Gasteiger partial charge in [0.25, 0.3) is 0 Å². The molecule has 1 fully saturated rings. The van der Waals surface area contributed by atoms with Crippen molar-refractivity contribution in [3.8, 4) is 6.07 Å². The second-order valence-electron chi connectivity index (χ2n) is 4.90. The molecule has 0 N–H and O–H groups in total. The first-order valence-corrected chi connectivity index (χ1v) is 7.27. The van der Waals surface area contributed by atoms with Gasteiger partial charge in [-0.2, -0.15) is 5.26 Å². The van der Waals surface area contributed by atoms with Gasteiger partial charge in [0.05, 0.1) is 5.57 Å². The molecule has 0 amide bonds. The molecule has 0 unspecified atom stereocenters. The van der Waals surface area contributed by atoms with E-state index in [0.717, 1.165) is 22.8 Å². The van der Waals surface area contributed by atoms with Gasteiger partial charge in [-0.15, -0.1) is 11.3 Å². The highest BCUT2D eigenvalue weighted by Crippen LogP contribution is 2.46. The van der Waals surface area contributed by atoms with E-state index in [1.54, 1.807) is 11.3 Å². The van der Waals surface area contributed by atoms with Crippen LogP contribution >= 0.6 is 22.9 Å². The minimum Gasteiger partial charge on any atom is -0.192 e. The van der Waals surface area contributed by atoms with Crippen molar-refractivity contribution in [3.63, 3.8) is 0 Å². The zero-order valence-corrected chi connectivity index (χ0v) is 11.6. The molecule has 1 aromatic heterocycles. The lowest BCUT2D eigenvalue weighted by atomic mass is 9.74. The quantitative estimate of drug-likeness (QED) is 0.675. The molecule has 3 heteroatoms. The van der Waals surface area contributed by atoms with Gasteiger partial charge in [-0.05, 0) is 24.3 Å². The minimum absolute atomic E-state index is 0.00879. The van der Waals surface area contributed by atoms with Crippen LogP contribution in [0.3, 0.4) is 0 Å². The van der Waals surface area contributed by atoms with Gasteiger partial charge in [0, 0.05) is 15.3 Å². The van der Waals surface area contributed by atoms with Crippen LogP contribution in [0.25, 0.3) is 5.57 Å². The van der Waals surface area contributed by atoms with Crippen molar-refractivity contribution in [2.45, 2.75) is 39.0 Å². The molecule has 1 nitrogen and oxygen atoms in total. The van der Waals surface area contributed by atoms with E-state index in [4.69, 9.17) is 11.6 Å². The van der Waals surface area contributed by atoms with Crippen LogP contribution in [0.5, 0.6) is 0 Å². The summed E-state index contributed by atoms with van der Waals surface area (Å²) in [7, 11) is 0. The van der Waals surface area contributed by atoms with Crippen molar-refractivity contribution >= 4 is 28.5 Å². The monoisotopic (exact) mass is 265 g/mol. The summed E-state index contributed by atoms with van der Waals surface area (Å²) in [5.74, 6) is 0. The van der Waals surface area contributed by atoms with Crippen LogP contribution in [0.2, 0.25) is 0 Å². The Labute approximate surface area is 112 Å². The van der Waals surface area contributed by atoms with Crippen LogP contribution in [0, 0.1) is 16.7 Å². The number of nitriles is 1. The third-order valence-corrected chi connectivity index (χ3v) is 5.12. The molecule has 0 aliphatic heterocycles. The summed E-state index contributed by atoms with van der Waals surface area (Å²) in [6, 6.07) is 6.22. The van der Waals surface area contributed by atoms with Gasteiger partial charge in [-0.1, -0.05) is 43.9 Å². The Bertz CT molecular complexity index is 447. The van der Waals surface area contributed by atoms with Gasteiger partial charge in [-0.25, -0.2) is 0 Å². The first-order valence-electron chi connectivity index (χ1n) is 6.01. The maximum Gasteiger partial charge on any atom is 0.102 e. The molecule has 0 spiro atoms. The predicted octanol–water partition coefficient (Wildman–Crippen LogP) is 5.19. The SMILES string of the molecule is CC1(/C(Cl)=C(/C#N)c2cccs2)CCCCC1. The maximum absolute atomic E-state index is 9.33. The van der Waals surface area contributed by atoms with Gasteiger partial charge < -0.3 is 0 Å². The Hall–Kier alpha value is -0.780. The van der Waals surface area contributed by atoms with Gasteiger partial charge in [0.15, 0.2) is 0 Å². The molecule has 0 saturated heterocycles. The van der Waals surface area contributed by atoms with E-state index in [0.29, 0.717) is 5.57 Å². The van der Waals surface area contributed by atoms with Crippen LogP contribution < -0.4 is 0 Å². The lowest BCUT2D eigenvalue weighted by molar-refractivity contribution is 0.280. The lowest BCUT2D eigenvalue weighted by Crippen LogP contribution is -2.21. The third kappa shape index (κ3) is 2.56. The predicted molar refractivity (Wildman–Crippen MR) is 73.9 cm³/mol. The van der Waals surface area contributed by atoms with Crippen LogP contribution in [-0.4, -0.2) is 0 Å². The van der Waals surface area contributed by atoms with E-state index in [1.807, 2.05) is 17.5 Å². The summed E-state index contributed by atoms with van der Waals surface area (Å²) >= 11 is 8.10. The van der Waals surface area contributed by atoms with E-state index in [9.17, 15) is 5.26 Å². The number of thiophene rings is 1. The van der Waals surface area contributed by atoms with Crippen molar-refractivity contribution in [2.24, 2.45) is 5.41 Å². The Kier molecular flexibility index (Phi) is 3.91. The number of halogens is 1.